The Labute approximate surface area is 107 Å². The van der Waals surface area contributed by atoms with Crippen molar-refractivity contribution in [3.8, 4) is 5.75 Å². The van der Waals surface area contributed by atoms with Crippen LogP contribution in [0.2, 0.25) is 0 Å². The quantitative estimate of drug-likeness (QED) is 0.744. The molecule has 1 fully saturated rings. The van der Waals surface area contributed by atoms with Crippen molar-refractivity contribution in [1.82, 2.24) is 9.97 Å². The fraction of sp³-hybridized carbons (Fsp3) is 0.667. The molecule has 100 valence electrons. The fourth-order valence-electron chi connectivity index (χ4n) is 2.16. The van der Waals surface area contributed by atoms with Crippen LogP contribution in [0.5, 0.6) is 5.75 Å². The van der Waals surface area contributed by atoms with E-state index >= 15 is 0 Å². The number of hydrogen-bond donors (Lipinski definition) is 3. The number of anilines is 2. The lowest BCUT2D eigenvalue weighted by atomic mass is 9.64. The van der Waals surface area contributed by atoms with E-state index < -0.39 is 0 Å². The van der Waals surface area contributed by atoms with E-state index in [9.17, 15) is 5.11 Å². The van der Waals surface area contributed by atoms with Crippen molar-refractivity contribution in [2.75, 3.05) is 24.8 Å². The lowest BCUT2D eigenvalue weighted by Gasteiger charge is -2.49. The molecule has 1 heterocycles. The second-order valence-electron chi connectivity index (χ2n) is 5.12. The van der Waals surface area contributed by atoms with E-state index in [1.54, 1.807) is 14.2 Å². The fourth-order valence-corrected chi connectivity index (χ4v) is 2.16. The molecule has 3 N–H and O–H groups in total. The van der Waals surface area contributed by atoms with Crippen molar-refractivity contribution in [1.29, 1.82) is 0 Å². The lowest BCUT2D eigenvalue weighted by molar-refractivity contribution is -0.0512. The van der Waals surface area contributed by atoms with Crippen molar-refractivity contribution in [3.63, 3.8) is 0 Å². The molecule has 2 atom stereocenters. The third kappa shape index (κ3) is 1.96. The minimum Gasteiger partial charge on any atom is -0.490 e. The van der Waals surface area contributed by atoms with Crippen molar-refractivity contribution in [2.45, 2.75) is 32.4 Å². The smallest absolute Gasteiger partial charge is 0.204 e. The van der Waals surface area contributed by atoms with E-state index in [4.69, 9.17) is 4.74 Å². The van der Waals surface area contributed by atoms with E-state index in [1.807, 2.05) is 13.8 Å². The van der Waals surface area contributed by atoms with Crippen LogP contribution in [0.3, 0.4) is 0 Å². The number of hydrogen-bond acceptors (Lipinski definition) is 6. The van der Waals surface area contributed by atoms with Crippen molar-refractivity contribution >= 4 is 11.6 Å². The van der Waals surface area contributed by atoms with E-state index in [0.717, 1.165) is 6.42 Å². The van der Waals surface area contributed by atoms with Crippen LogP contribution < -0.4 is 15.4 Å². The molecule has 0 aromatic carbocycles. The number of rotatable bonds is 4. The Morgan fingerprint density at radius 2 is 2.06 bits per heavy atom. The van der Waals surface area contributed by atoms with Gasteiger partial charge in [-0.25, -0.2) is 9.97 Å². The predicted octanol–water partition coefficient (Wildman–Crippen LogP) is 1.10. The van der Waals surface area contributed by atoms with Gasteiger partial charge in [0.2, 0.25) is 5.75 Å². The van der Waals surface area contributed by atoms with Gasteiger partial charge < -0.3 is 20.5 Å². The Morgan fingerprint density at radius 1 is 1.39 bits per heavy atom. The van der Waals surface area contributed by atoms with Crippen LogP contribution in [-0.2, 0) is 0 Å². The minimum absolute atomic E-state index is 0.157. The molecule has 1 aromatic rings. The summed E-state index contributed by atoms with van der Waals surface area (Å²) in [7, 11) is 3.37. The summed E-state index contributed by atoms with van der Waals surface area (Å²) in [6.45, 7) is 4.07. The van der Waals surface area contributed by atoms with E-state index in [2.05, 4.69) is 20.6 Å². The highest BCUT2D eigenvalue weighted by atomic mass is 16.5. The Kier molecular flexibility index (Phi) is 3.30. The Morgan fingerprint density at radius 3 is 2.56 bits per heavy atom. The monoisotopic (exact) mass is 252 g/mol. The topological polar surface area (TPSA) is 79.3 Å². The number of nitrogens with one attached hydrogen (secondary N) is 2. The standard InChI is InChI=1S/C12H20N4O2/c1-12(2)7(5-8(12)17)16-11-9(18-4)10(13-3)14-6-15-11/h6-8,17H,5H2,1-4H3,(H2,13,14,15,16). The first-order valence-electron chi connectivity index (χ1n) is 6.02. The van der Waals surface area contributed by atoms with Crippen LogP contribution in [0.1, 0.15) is 20.3 Å². The molecule has 0 radical (unpaired) electrons. The zero-order valence-electron chi connectivity index (χ0n) is 11.2. The van der Waals surface area contributed by atoms with Crippen molar-refractivity contribution in [2.24, 2.45) is 5.41 Å². The number of nitrogens with zero attached hydrogens (tertiary/aromatic N) is 2. The van der Waals surface area contributed by atoms with Gasteiger partial charge in [-0.1, -0.05) is 13.8 Å². The summed E-state index contributed by atoms with van der Waals surface area (Å²) in [4.78, 5) is 8.30. The first kappa shape index (κ1) is 12.9. The van der Waals surface area contributed by atoms with Gasteiger partial charge in [0.05, 0.1) is 13.2 Å². The van der Waals surface area contributed by atoms with Crippen LogP contribution >= 0.6 is 0 Å². The Bertz CT molecular complexity index is 436. The van der Waals surface area contributed by atoms with Gasteiger partial charge in [0.25, 0.3) is 0 Å². The van der Waals surface area contributed by atoms with Crippen LogP contribution in [0.4, 0.5) is 11.6 Å². The van der Waals surface area contributed by atoms with Gasteiger partial charge in [-0.2, -0.15) is 0 Å². The lowest BCUT2D eigenvalue weighted by Crippen LogP contribution is -2.57. The number of aliphatic hydroxyl groups excluding tert-OH is 1. The van der Waals surface area contributed by atoms with Gasteiger partial charge in [0.1, 0.15) is 6.33 Å². The van der Waals surface area contributed by atoms with E-state index in [-0.39, 0.29) is 17.6 Å². The van der Waals surface area contributed by atoms with Crippen LogP contribution in [-0.4, -0.2) is 41.4 Å². The molecule has 1 aliphatic carbocycles. The molecular formula is C12H20N4O2. The zero-order chi connectivity index (χ0) is 13.3. The van der Waals surface area contributed by atoms with Gasteiger partial charge >= 0.3 is 0 Å². The number of ether oxygens (including phenoxy) is 1. The molecule has 0 bridgehead atoms. The molecule has 1 aromatic heterocycles. The van der Waals surface area contributed by atoms with Crippen LogP contribution in [0.15, 0.2) is 6.33 Å². The van der Waals surface area contributed by atoms with Gasteiger partial charge in [-0.05, 0) is 6.42 Å². The first-order valence-corrected chi connectivity index (χ1v) is 6.02. The van der Waals surface area contributed by atoms with Crippen LogP contribution in [0.25, 0.3) is 0 Å². The Hall–Kier alpha value is -1.56. The third-order valence-corrected chi connectivity index (χ3v) is 3.77. The maximum Gasteiger partial charge on any atom is 0.204 e. The Balaban J connectivity index is 2.20. The van der Waals surface area contributed by atoms with E-state index in [0.29, 0.717) is 17.4 Å². The maximum atomic E-state index is 9.74. The number of methoxy groups -OCH3 is 1. The summed E-state index contributed by atoms with van der Waals surface area (Å²) in [6, 6.07) is 0.181. The summed E-state index contributed by atoms with van der Waals surface area (Å²) >= 11 is 0. The first-order chi connectivity index (χ1) is 8.50. The molecule has 6 nitrogen and oxygen atoms in total. The van der Waals surface area contributed by atoms with Crippen molar-refractivity contribution in [3.05, 3.63) is 6.33 Å². The summed E-state index contributed by atoms with van der Waals surface area (Å²) < 4.78 is 5.32. The third-order valence-electron chi connectivity index (χ3n) is 3.77. The molecule has 0 aliphatic heterocycles. The minimum atomic E-state index is -0.272. The van der Waals surface area contributed by atoms with Gasteiger partial charge in [-0.15, -0.1) is 0 Å². The number of aromatic nitrogens is 2. The number of aliphatic hydroxyl groups is 1. The van der Waals surface area contributed by atoms with Crippen LogP contribution in [0, 0.1) is 5.41 Å². The molecule has 0 spiro atoms. The highest BCUT2D eigenvalue weighted by molar-refractivity contribution is 5.63. The summed E-state index contributed by atoms with van der Waals surface area (Å²) in [5.41, 5.74) is -0.157. The molecule has 18 heavy (non-hydrogen) atoms. The molecular weight excluding hydrogens is 232 g/mol. The highest BCUT2D eigenvalue weighted by Crippen LogP contribution is 2.43. The molecule has 2 unspecified atom stereocenters. The summed E-state index contributed by atoms with van der Waals surface area (Å²) in [5, 5.41) is 16.0. The average molecular weight is 252 g/mol. The largest absolute Gasteiger partial charge is 0.490 e. The zero-order valence-corrected chi connectivity index (χ0v) is 11.2. The van der Waals surface area contributed by atoms with Gasteiger partial charge in [0, 0.05) is 18.5 Å². The van der Waals surface area contributed by atoms with Gasteiger partial charge in [-0.3, -0.25) is 0 Å². The molecule has 0 saturated heterocycles. The van der Waals surface area contributed by atoms with E-state index in [1.165, 1.54) is 6.33 Å². The molecule has 1 saturated carbocycles. The second-order valence-corrected chi connectivity index (χ2v) is 5.12. The maximum absolute atomic E-state index is 9.74. The SMILES string of the molecule is CNc1ncnc(NC2CC(O)C2(C)C)c1OC. The normalized spacial score (nSPS) is 25.2. The molecule has 1 aliphatic rings. The average Bonchev–Trinajstić information content (AvgIpc) is 2.37. The molecule has 6 heteroatoms. The predicted molar refractivity (Wildman–Crippen MR) is 69.9 cm³/mol. The van der Waals surface area contributed by atoms with Crippen molar-refractivity contribution < 1.29 is 9.84 Å². The highest BCUT2D eigenvalue weighted by Gasteiger charge is 2.47. The second kappa shape index (κ2) is 4.61. The molecule has 0 amide bonds. The van der Waals surface area contributed by atoms with Gasteiger partial charge in [0.15, 0.2) is 11.6 Å². The molecule has 2 rings (SSSR count). The summed E-state index contributed by atoms with van der Waals surface area (Å²) in [5.74, 6) is 1.90. The summed E-state index contributed by atoms with van der Waals surface area (Å²) in [6.07, 6.45) is 1.93.